The molecule has 4 atom stereocenters. The second kappa shape index (κ2) is 6.51. The fraction of sp³-hybridized carbons (Fsp3) is 0.583. The predicted molar refractivity (Wildman–Crippen MR) is 110 cm³/mol. The highest BCUT2D eigenvalue weighted by Crippen LogP contribution is 2.56. The van der Waals surface area contributed by atoms with Crippen LogP contribution in [0.1, 0.15) is 50.1 Å². The largest absolute Gasteiger partial charge is 0.392 e. The molecule has 2 aliphatic carbocycles. The average molecular weight is 392 g/mol. The van der Waals surface area contributed by atoms with Crippen molar-refractivity contribution < 1.29 is 9.90 Å². The Morgan fingerprint density at radius 3 is 2.69 bits per heavy atom. The number of aliphatic hydroxyl groups is 1. The number of fused-ring (bicyclic) bond motifs is 3. The van der Waals surface area contributed by atoms with Crippen molar-refractivity contribution in [3.63, 3.8) is 0 Å². The molecule has 1 aromatic carbocycles. The zero-order valence-corrected chi connectivity index (χ0v) is 16.8. The van der Waals surface area contributed by atoms with Gasteiger partial charge < -0.3 is 14.5 Å². The second-order valence-corrected chi connectivity index (χ2v) is 9.73. The third-order valence-electron chi connectivity index (χ3n) is 8.40. The lowest BCUT2D eigenvalue weighted by Crippen LogP contribution is -2.50. The summed E-state index contributed by atoms with van der Waals surface area (Å²) in [5.74, 6) is 0.806. The number of imidazole rings is 1. The van der Waals surface area contributed by atoms with Crippen molar-refractivity contribution in [3.05, 3.63) is 42.4 Å². The molecule has 2 aliphatic heterocycles. The highest BCUT2D eigenvalue weighted by Gasteiger charge is 2.53. The first kappa shape index (κ1) is 17.8. The van der Waals surface area contributed by atoms with Gasteiger partial charge in [-0.05, 0) is 68.5 Å². The molecule has 1 N–H and O–H groups in total. The van der Waals surface area contributed by atoms with Gasteiger partial charge in [0.1, 0.15) is 6.29 Å². The monoisotopic (exact) mass is 391 g/mol. The third-order valence-corrected chi connectivity index (χ3v) is 8.40. The summed E-state index contributed by atoms with van der Waals surface area (Å²) in [6.07, 6.45) is 11.3. The van der Waals surface area contributed by atoms with Crippen molar-refractivity contribution in [3.8, 4) is 11.3 Å². The van der Waals surface area contributed by atoms with Gasteiger partial charge in [-0.25, -0.2) is 4.98 Å². The smallest absolute Gasteiger partial charge is 0.137 e. The Bertz CT molecular complexity index is 926. The van der Waals surface area contributed by atoms with Crippen LogP contribution >= 0.6 is 0 Å². The molecule has 152 valence electrons. The Labute approximate surface area is 171 Å². The van der Waals surface area contributed by atoms with Gasteiger partial charge in [0.15, 0.2) is 0 Å². The van der Waals surface area contributed by atoms with Crippen LogP contribution in [0, 0.1) is 17.3 Å². The quantitative estimate of drug-likeness (QED) is 0.813. The van der Waals surface area contributed by atoms with Crippen molar-refractivity contribution >= 4 is 6.29 Å². The molecule has 0 radical (unpaired) electrons. The molecule has 5 nitrogen and oxygen atoms in total. The van der Waals surface area contributed by atoms with E-state index in [1.807, 2.05) is 12.5 Å². The maximum absolute atomic E-state index is 11.6. The SMILES string of the molecule is O=CC(C1CC1)N1CCC2(CC[C@@H]([C@H]3c4ccccc4-c4cncn43)[C@H]2O)CC1. The number of carbonyl (C=O) groups is 1. The molecule has 6 rings (SSSR count). The minimum Gasteiger partial charge on any atom is -0.392 e. The van der Waals surface area contributed by atoms with Gasteiger partial charge >= 0.3 is 0 Å². The molecule has 1 unspecified atom stereocenters. The Kier molecular flexibility index (Phi) is 4.01. The highest BCUT2D eigenvalue weighted by molar-refractivity contribution is 5.69. The molecule has 1 spiro atoms. The summed E-state index contributed by atoms with van der Waals surface area (Å²) in [6.45, 7) is 1.89. The first-order valence-corrected chi connectivity index (χ1v) is 11.2. The molecule has 4 aliphatic rings. The van der Waals surface area contributed by atoms with Crippen molar-refractivity contribution in [2.45, 2.75) is 56.7 Å². The van der Waals surface area contributed by atoms with Crippen LogP contribution in [0.2, 0.25) is 0 Å². The van der Waals surface area contributed by atoms with E-state index in [4.69, 9.17) is 0 Å². The molecule has 1 saturated heterocycles. The van der Waals surface area contributed by atoms with E-state index in [1.165, 1.54) is 35.9 Å². The van der Waals surface area contributed by atoms with Crippen LogP contribution in [0.3, 0.4) is 0 Å². The van der Waals surface area contributed by atoms with Gasteiger partial charge in [-0.3, -0.25) is 4.90 Å². The Morgan fingerprint density at radius 1 is 1.14 bits per heavy atom. The number of carbonyl (C=O) groups excluding carboxylic acids is 1. The summed E-state index contributed by atoms with van der Waals surface area (Å²) in [5, 5.41) is 11.6. The molecule has 2 saturated carbocycles. The minimum atomic E-state index is -0.299. The Balaban J connectivity index is 1.24. The molecule has 3 heterocycles. The molecular formula is C24H29N3O2. The highest BCUT2D eigenvalue weighted by atomic mass is 16.3. The number of aromatic nitrogens is 2. The van der Waals surface area contributed by atoms with Gasteiger partial charge in [-0.1, -0.05) is 24.3 Å². The standard InChI is InChI=1S/C24H29N3O2/c28-14-21(16-5-6-16)26-11-9-24(10-12-26)8-7-19(23(24)29)22-18-4-2-1-3-17(18)20-13-25-15-27(20)22/h1-4,13-16,19,21-23,29H,5-12H2/t19-,21?,22+,23+/m0/s1. The van der Waals surface area contributed by atoms with Crippen molar-refractivity contribution in [2.24, 2.45) is 17.3 Å². The fourth-order valence-electron chi connectivity index (χ4n) is 6.60. The first-order valence-electron chi connectivity index (χ1n) is 11.2. The van der Waals surface area contributed by atoms with E-state index in [0.717, 1.165) is 38.8 Å². The van der Waals surface area contributed by atoms with E-state index in [2.05, 4.69) is 38.7 Å². The van der Waals surface area contributed by atoms with Crippen LogP contribution in [0.4, 0.5) is 0 Å². The third kappa shape index (κ3) is 2.60. The van der Waals surface area contributed by atoms with Crippen molar-refractivity contribution in [1.29, 1.82) is 0 Å². The van der Waals surface area contributed by atoms with Gasteiger partial charge in [0, 0.05) is 11.5 Å². The van der Waals surface area contributed by atoms with E-state index in [-0.39, 0.29) is 29.5 Å². The molecule has 3 fully saturated rings. The van der Waals surface area contributed by atoms with Crippen LogP contribution in [0.15, 0.2) is 36.8 Å². The Hall–Kier alpha value is -1.98. The molecular weight excluding hydrogens is 362 g/mol. The summed E-state index contributed by atoms with van der Waals surface area (Å²) in [4.78, 5) is 18.4. The van der Waals surface area contributed by atoms with Crippen LogP contribution < -0.4 is 0 Å². The average Bonchev–Trinajstić information content (AvgIpc) is 3.28. The molecule has 29 heavy (non-hydrogen) atoms. The number of benzene rings is 1. The zero-order chi connectivity index (χ0) is 19.6. The fourth-order valence-corrected chi connectivity index (χ4v) is 6.60. The van der Waals surface area contributed by atoms with E-state index < -0.39 is 0 Å². The number of hydrogen-bond donors (Lipinski definition) is 1. The number of nitrogens with zero attached hydrogens (tertiary/aromatic N) is 3. The number of aliphatic hydroxyl groups excluding tert-OH is 1. The maximum atomic E-state index is 11.6. The number of rotatable bonds is 4. The lowest BCUT2D eigenvalue weighted by molar-refractivity contribution is -0.115. The summed E-state index contributed by atoms with van der Waals surface area (Å²) in [6, 6.07) is 8.89. The van der Waals surface area contributed by atoms with E-state index >= 15 is 0 Å². The van der Waals surface area contributed by atoms with Gasteiger partial charge in [0.2, 0.25) is 0 Å². The molecule has 0 bridgehead atoms. The molecule has 5 heteroatoms. The maximum Gasteiger partial charge on any atom is 0.137 e. The van der Waals surface area contributed by atoms with Crippen molar-refractivity contribution in [1.82, 2.24) is 14.5 Å². The van der Waals surface area contributed by atoms with Crippen LogP contribution in [0.5, 0.6) is 0 Å². The van der Waals surface area contributed by atoms with Gasteiger partial charge in [-0.15, -0.1) is 0 Å². The molecule has 1 aromatic heterocycles. The summed E-state index contributed by atoms with van der Waals surface area (Å²) in [5.41, 5.74) is 3.78. The van der Waals surface area contributed by atoms with E-state index in [9.17, 15) is 9.90 Å². The topological polar surface area (TPSA) is 58.4 Å². The molecule has 2 aromatic rings. The lowest BCUT2D eigenvalue weighted by Gasteiger charge is -2.44. The summed E-state index contributed by atoms with van der Waals surface area (Å²) >= 11 is 0. The van der Waals surface area contributed by atoms with Crippen molar-refractivity contribution in [2.75, 3.05) is 13.1 Å². The van der Waals surface area contributed by atoms with Crippen LogP contribution in [-0.2, 0) is 4.79 Å². The minimum absolute atomic E-state index is 0.0103. The van der Waals surface area contributed by atoms with Gasteiger partial charge in [0.25, 0.3) is 0 Å². The number of aldehydes is 1. The zero-order valence-electron chi connectivity index (χ0n) is 16.8. The first-order chi connectivity index (χ1) is 14.2. The number of likely N-dealkylation sites (tertiary alicyclic amines) is 1. The van der Waals surface area contributed by atoms with Gasteiger partial charge in [0.05, 0.1) is 36.4 Å². The number of piperidine rings is 1. The Morgan fingerprint density at radius 2 is 1.93 bits per heavy atom. The second-order valence-electron chi connectivity index (χ2n) is 9.73. The van der Waals surface area contributed by atoms with Crippen LogP contribution in [0.25, 0.3) is 11.3 Å². The predicted octanol–water partition coefficient (Wildman–Crippen LogP) is 3.28. The van der Waals surface area contributed by atoms with E-state index in [0.29, 0.717) is 5.92 Å². The van der Waals surface area contributed by atoms with E-state index in [1.54, 1.807) is 0 Å². The normalized spacial score (nSPS) is 31.6. The number of hydrogen-bond acceptors (Lipinski definition) is 4. The van der Waals surface area contributed by atoms with Gasteiger partial charge in [-0.2, -0.15) is 0 Å². The van der Waals surface area contributed by atoms with Crippen LogP contribution in [-0.4, -0.2) is 51.1 Å². The lowest BCUT2D eigenvalue weighted by atomic mass is 9.73. The molecule has 0 amide bonds. The summed E-state index contributed by atoms with van der Waals surface area (Å²) < 4.78 is 2.28. The summed E-state index contributed by atoms with van der Waals surface area (Å²) in [7, 11) is 0.